The number of aliphatic imine (C=N–C) groups is 1. The lowest BCUT2D eigenvalue weighted by Crippen LogP contribution is -2.06. The second-order valence-corrected chi connectivity index (χ2v) is 7.38. The van der Waals surface area contributed by atoms with Gasteiger partial charge in [-0.15, -0.1) is 0 Å². The van der Waals surface area contributed by atoms with Gasteiger partial charge in [-0.1, -0.05) is 24.3 Å². The Bertz CT molecular complexity index is 1380. The number of alkyl halides is 3. The van der Waals surface area contributed by atoms with E-state index in [1.165, 1.54) is 24.3 Å². The molecule has 0 spiro atoms. The molecule has 0 aromatic heterocycles. The second kappa shape index (κ2) is 9.90. The average molecular weight is 498 g/mol. The summed E-state index contributed by atoms with van der Waals surface area (Å²) in [5.41, 5.74) is -0.866. The molecule has 1 aliphatic rings. The molecule has 0 aliphatic carbocycles. The van der Waals surface area contributed by atoms with E-state index >= 15 is 0 Å². The minimum atomic E-state index is -4.75. The number of nitro benzene ring substituents is 1. The molecule has 8 nitrogen and oxygen atoms in total. The summed E-state index contributed by atoms with van der Waals surface area (Å²) in [6.45, 7) is 1.89. The Kier molecular flexibility index (Phi) is 6.73. The van der Waals surface area contributed by atoms with E-state index in [2.05, 4.69) is 4.99 Å². The van der Waals surface area contributed by atoms with E-state index in [0.717, 1.165) is 6.07 Å². The number of hydrogen-bond acceptors (Lipinski definition) is 7. The van der Waals surface area contributed by atoms with Crippen LogP contribution in [-0.4, -0.2) is 23.4 Å². The van der Waals surface area contributed by atoms with Crippen molar-refractivity contribution in [2.75, 3.05) is 6.61 Å². The number of rotatable bonds is 7. The second-order valence-electron chi connectivity index (χ2n) is 7.38. The number of benzene rings is 3. The lowest BCUT2D eigenvalue weighted by atomic mass is 10.1. The van der Waals surface area contributed by atoms with E-state index in [4.69, 9.17) is 14.2 Å². The zero-order valence-corrected chi connectivity index (χ0v) is 18.6. The summed E-state index contributed by atoms with van der Waals surface area (Å²) in [4.78, 5) is 26.9. The highest BCUT2D eigenvalue weighted by Gasteiger charge is 2.33. The van der Waals surface area contributed by atoms with Gasteiger partial charge in [0.1, 0.15) is 0 Å². The molecular formula is C25H17F3N2O6. The van der Waals surface area contributed by atoms with Crippen LogP contribution in [-0.2, 0) is 15.7 Å². The van der Waals surface area contributed by atoms with Crippen LogP contribution in [0, 0.1) is 10.1 Å². The van der Waals surface area contributed by atoms with E-state index in [0.29, 0.717) is 23.3 Å². The van der Waals surface area contributed by atoms with Gasteiger partial charge in [0, 0.05) is 11.6 Å². The van der Waals surface area contributed by atoms with E-state index in [-0.39, 0.29) is 29.7 Å². The van der Waals surface area contributed by atoms with Gasteiger partial charge in [-0.2, -0.15) is 13.2 Å². The van der Waals surface area contributed by atoms with Crippen LogP contribution in [0.4, 0.5) is 18.9 Å². The zero-order valence-electron chi connectivity index (χ0n) is 18.6. The number of hydrogen-bond donors (Lipinski definition) is 0. The smallest absolute Gasteiger partial charge is 0.416 e. The third-order valence-electron chi connectivity index (χ3n) is 4.92. The Hall–Kier alpha value is -4.67. The number of halogens is 3. The maximum absolute atomic E-state index is 13.0. The van der Waals surface area contributed by atoms with E-state index in [1.807, 2.05) is 6.07 Å². The van der Waals surface area contributed by atoms with Crippen LogP contribution in [0.25, 0.3) is 6.08 Å². The molecule has 184 valence electrons. The highest BCUT2D eigenvalue weighted by molar-refractivity contribution is 6.12. The number of esters is 1. The molecule has 36 heavy (non-hydrogen) atoms. The van der Waals surface area contributed by atoms with Crippen LogP contribution in [0.1, 0.15) is 23.6 Å². The number of cyclic esters (lactones) is 1. The van der Waals surface area contributed by atoms with Crippen molar-refractivity contribution in [3.63, 3.8) is 0 Å². The summed E-state index contributed by atoms with van der Waals surface area (Å²) >= 11 is 0. The van der Waals surface area contributed by atoms with E-state index in [9.17, 15) is 28.1 Å². The van der Waals surface area contributed by atoms with Crippen LogP contribution < -0.4 is 9.47 Å². The van der Waals surface area contributed by atoms with Crippen LogP contribution in [0.15, 0.2) is 77.4 Å². The van der Waals surface area contributed by atoms with Gasteiger partial charge >= 0.3 is 17.8 Å². The number of carbonyl (C=O) groups excluding carboxylic acids is 1. The first-order chi connectivity index (χ1) is 17.2. The van der Waals surface area contributed by atoms with Gasteiger partial charge in [-0.05, 0) is 55.0 Å². The number of nitro groups is 1. The van der Waals surface area contributed by atoms with Gasteiger partial charge in [0.05, 0.1) is 17.1 Å². The Morgan fingerprint density at radius 2 is 1.75 bits per heavy atom. The van der Waals surface area contributed by atoms with Crippen molar-refractivity contribution < 1.29 is 37.1 Å². The van der Waals surface area contributed by atoms with Crippen LogP contribution in [0.5, 0.6) is 17.2 Å². The van der Waals surface area contributed by atoms with Crippen molar-refractivity contribution in [3.8, 4) is 17.2 Å². The minimum Gasteiger partial charge on any atom is -0.490 e. The SMILES string of the molecule is CCOc1cc(/C=C2\N=C(c3ccccc3)OC2=O)ccc1Oc1ccc(C(F)(F)F)cc1[N+](=O)[O-]. The molecule has 1 heterocycles. The van der Waals surface area contributed by atoms with Gasteiger partial charge in [0.2, 0.25) is 11.6 Å². The summed E-state index contributed by atoms with van der Waals surface area (Å²) in [5.74, 6) is -0.695. The summed E-state index contributed by atoms with van der Waals surface area (Å²) < 4.78 is 55.3. The Labute approximate surface area is 202 Å². The van der Waals surface area contributed by atoms with Gasteiger partial charge < -0.3 is 14.2 Å². The van der Waals surface area contributed by atoms with Gasteiger partial charge in [0.25, 0.3) is 0 Å². The molecular weight excluding hydrogens is 481 g/mol. The van der Waals surface area contributed by atoms with Gasteiger partial charge in [-0.25, -0.2) is 9.79 Å². The molecule has 0 saturated carbocycles. The summed E-state index contributed by atoms with van der Waals surface area (Å²) in [5, 5.41) is 11.4. The lowest BCUT2D eigenvalue weighted by Gasteiger charge is -2.13. The predicted octanol–water partition coefficient (Wildman–Crippen LogP) is 6.15. The van der Waals surface area contributed by atoms with E-state index in [1.54, 1.807) is 31.2 Å². The Morgan fingerprint density at radius 1 is 1.03 bits per heavy atom. The summed E-state index contributed by atoms with van der Waals surface area (Å²) in [6.07, 6.45) is -3.29. The van der Waals surface area contributed by atoms with Crippen molar-refractivity contribution in [1.29, 1.82) is 0 Å². The fourth-order valence-corrected chi connectivity index (χ4v) is 3.28. The highest BCUT2D eigenvalue weighted by atomic mass is 19.4. The van der Waals surface area contributed by atoms with E-state index < -0.39 is 34.1 Å². The van der Waals surface area contributed by atoms with Gasteiger partial charge in [0.15, 0.2) is 17.2 Å². The van der Waals surface area contributed by atoms with Crippen molar-refractivity contribution in [2.24, 2.45) is 4.99 Å². The maximum Gasteiger partial charge on any atom is 0.416 e. The minimum absolute atomic E-state index is 0.0318. The molecule has 0 unspecified atom stereocenters. The maximum atomic E-state index is 13.0. The quantitative estimate of drug-likeness (QED) is 0.168. The first-order valence-corrected chi connectivity index (χ1v) is 10.5. The van der Waals surface area contributed by atoms with Crippen molar-refractivity contribution >= 4 is 23.6 Å². The van der Waals surface area contributed by atoms with Crippen molar-refractivity contribution in [1.82, 2.24) is 0 Å². The topological polar surface area (TPSA) is 100 Å². The molecule has 0 bridgehead atoms. The molecule has 3 aromatic rings. The molecule has 0 radical (unpaired) electrons. The number of nitrogens with zero attached hydrogens (tertiary/aromatic N) is 2. The Morgan fingerprint density at radius 3 is 2.42 bits per heavy atom. The predicted molar refractivity (Wildman–Crippen MR) is 123 cm³/mol. The largest absolute Gasteiger partial charge is 0.490 e. The van der Waals surface area contributed by atoms with Gasteiger partial charge in [-0.3, -0.25) is 10.1 Å². The monoisotopic (exact) mass is 498 g/mol. The first-order valence-electron chi connectivity index (χ1n) is 10.5. The molecule has 0 fully saturated rings. The summed E-state index contributed by atoms with van der Waals surface area (Å²) in [6, 6.07) is 15.3. The van der Waals surface area contributed by atoms with Crippen LogP contribution >= 0.6 is 0 Å². The zero-order chi connectivity index (χ0) is 25.9. The molecule has 0 atom stereocenters. The third kappa shape index (κ3) is 5.35. The first kappa shape index (κ1) is 24.5. The molecule has 1 aliphatic heterocycles. The van der Waals surface area contributed by atoms with Crippen molar-refractivity contribution in [3.05, 3.63) is 99.2 Å². The lowest BCUT2D eigenvalue weighted by molar-refractivity contribution is -0.385. The molecule has 4 rings (SSSR count). The molecule has 0 saturated heterocycles. The number of ether oxygens (including phenoxy) is 3. The van der Waals surface area contributed by atoms with Crippen LogP contribution in [0.2, 0.25) is 0 Å². The molecule has 3 aromatic carbocycles. The molecule has 11 heteroatoms. The molecule has 0 amide bonds. The van der Waals surface area contributed by atoms with Crippen molar-refractivity contribution in [2.45, 2.75) is 13.1 Å². The highest BCUT2D eigenvalue weighted by Crippen LogP contribution is 2.40. The fourth-order valence-electron chi connectivity index (χ4n) is 3.28. The third-order valence-corrected chi connectivity index (χ3v) is 4.92. The average Bonchev–Trinajstić information content (AvgIpc) is 3.21. The Balaban J connectivity index is 1.65. The van der Waals surface area contributed by atoms with Crippen LogP contribution in [0.3, 0.4) is 0 Å². The number of carbonyl (C=O) groups is 1. The standard InChI is InChI=1S/C25H17F3N2O6/c1-2-34-22-13-15(12-18-24(31)36-23(29-18)16-6-4-3-5-7-16)8-10-21(22)35-20-11-9-17(25(26,27)28)14-19(20)30(32)33/h3-14H,2H2,1H3/b18-12-. The summed E-state index contributed by atoms with van der Waals surface area (Å²) in [7, 11) is 0. The molecule has 0 N–H and O–H groups in total. The fraction of sp³-hybridized carbons (Fsp3) is 0.120. The normalized spacial score (nSPS) is 14.4.